The number of amides is 1. The summed E-state index contributed by atoms with van der Waals surface area (Å²) in [7, 11) is 0. The average molecular weight is 348 g/mol. The number of ether oxygens (including phenoxy) is 1. The third-order valence-electron chi connectivity index (χ3n) is 3.79. The Balaban J connectivity index is 1.77. The van der Waals surface area contributed by atoms with Crippen LogP contribution in [-0.4, -0.2) is 33.8 Å². The van der Waals surface area contributed by atoms with E-state index in [1.54, 1.807) is 13.8 Å². The Morgan fingerprint density at radius 3 is 2.62 bits per heavy atom. The molecular weight excluding hydrogens is 330 g/mol. The number of hydrogen-bond donors (Lipinski definition) is 1. The van der Waals surface area contributed by atoms with E-state index >= 15 is 0 Å². The Bertz CT molecular complexity index is 769. The van der Waals surface area contributed by atoms with E-state index in [2.05, 4.69) is 10.4 Å². The number of aryl methyl sites for hydroxylation is 1. The Hall–Kier alpha value is -2.34. The van der Waals surface area contributed by atoms with Crippen molar-refractivity contribution in [1.29, 1.82) is 0 Å². The predicted octanol–water partition coefficient (Wildman–Crippen LogP) is 2.66. The molecule has 1 N–H and O–H groups in total. The number of esters is 1. The summed E-state index contributed by atoms with van der Waals surface area (Å²) in [5, 5.41) is 7.26. The number of carbonyl (C=O) groups excluding carboxylic acids is 2. The summed E-state index contributed by atoms with van der Waals surface area (Å²) >= 11 is 6.32. The van der Waals surface area contributed by atoms with E-state index in [0.29, 0.717) is 5.69 Å². The van der Waals surface area contributed by atoms with Crippen molar-refractivity contribution in [2.24, 2.45) is 0 Å². The van der Waals surface area contributed by atoms with Gasteiger partial charge in [-0.05, 0) is 38.8 Å². The van der Waals surface area contributed by atoms with Gasteiger partial charge < -0.3 is 10.1 Å². The number of halogens is 1. The van der Waals surface area contributed by atoms with Crippen molar-refractivity contribution in [3.8, 4) is 5.69 Å². The second-order valence-electron chi connectivity index (χ2n) is 5.83. The van der Waals surface area contributed by atoms with E-state index in [9.17, 15) is 9.59 Å². The monoisotopic (exact) mass is 347 g/mol. The lowest BCUT2D eigenvalue weighted by Gasteiger charge is -2.13. The maximum Gasteiger partial charge on any atom is 0.344 e. The van der Waals surface area contributed by atoms with Gasteiger partial charge in [0.2, 0.25) is 0 Å². The highest BCUT2D eigenvalue weighted by molar-refractivity contribution is 6.33. The molecule has 1 aromatic heterocycles. The Labute approximate surface area is 144 Å². The molecule has 7 heteroatoms. The van der Waals surface area contributed by atoms with Gasteiger partial charge in [-0.3, -0.25) is 4.79 Å². The summed E-state index contributed by atoms with van der Waals surface area (Å²) in [4.78, 5) is 24.3. The lowest BCUT2D eigenvalue weighted by Crippen LogP contribution is -2.37. The van der Waals surface area contributed by atoms with Crippen LogP contribution >= 0.6 is 11.6 Å². The Morgan fingerprint density at radius 1 is 1.33 bits per heavy atom. The summed E-state index contributed by atoms with van der Waals surface area (Å²) in [6, 6.07) is 9.46. The minimum absolute atomic E-state index is 0.165. The molecule has 0 spiro atoms. The molecule has 0 aliphatic heterocycles. The molecule has 1 atom stereocenters. The predicted molar refractivity (Wildman–Crippen MR) is 89.4 cm³/mol. The molecule has 1 fully saturated rings. The molecule has 6 nitrogen and oxygen atoms in total. The van der Waals surface area contributed by atoms with Crippen LogP contribution < -0.4 is 5.32 Å². The first-order valence-electron chi connectivity index (χ1n) is 7.79. The van der Waals surface area contributed by atoms with Gasteiger partial charge in [0.25, 0.3) is 5.91 Å². The van der Waals surface area contributed by atoms with Crippen molar-refractivity contribution in [3.05, 3.63) is 46.7 Å². The van der Waals surface area contributed by atoms with Crippen LogP contribution in [0.2, 0.25) is 5.15 Å². The molecular formula is C17H18ClN3O3. The highest BCUT2D eigenvalue weighted by Gasteiger charge is 2.29. The lowest BCUT2D eigenvalue weighted by atomic mass is 10.2. The van der Waals surface area contributed by atoms with Crippen molar-refractivity contribution < 1.29 is 14.3 Å². The number of rotatable bonds is 5. The van der Waals surface area contributed by atoms with Gasteiger partial charge in [-0.25, -0.2) is 9.48 Å². The average Bonchev–Trinajstić information content (AvgIpc) is 3.31. The molecule has 0 unspecified atom stereocenters. The summed E-state index contributed by atoms with van der Waals surface area (Å²) < 4.78 is 6.72. The van der Waals surface area contributed by atoms with Crippen LogP contribution in [0.1, 0.15) is 35.8 Å². The molecule has 1 saturated carbocycles. The van der Waals surface area contributed by atoms with E-state index in [1.807, 2.05) is 30.3 Å². The molecule has 1 aliphatic carbocycles. The first-order valence-corrected chi connectivity index (χ1v) is 8.17. The van der Waals surface area contributed by atoms with Crippen LogP contribution in [0.15, 0.2) is 30.3 Å². The van der Waals surface area contributed by atoms with E-state index in [1.165, 1.54) is 4.68 Å². The fraction of sp³-hybridized carbons (Fsp3) is 0.353. The number of nitrogens with zero attached hydrogens (tertiary/aromatic N) is 2. The summed E-state index contributed by atoms with van der Waals surface area (Å²) in [6.45, 7) is 3.22. The highest BCUT2D eigenvalue weighted by Crippen LogP contribution is 2.25. The third kappa shape index (κ3) is 3.43. The Morgan fingerprint density at radius 2 is 2.00 bits per heavy atom. The number of carbonyl (C=O) groups is 2. The standard InChI is InChI=1S/C17H18ClN3O3/c1-10-14(15(18)21(20-10)13-6-4-3-5-7-13)17(23)24-11(2)16(22)19-12-8-9-12/h3-7,11-12H,8-9H2,1-2H3,(H,19,22)/t11-/m0/s1. The van der Waals surface area contributed by atoms with Crippen molar-refractivity contribution in [2.75, 3.05) is 0 Å². The van der Waals surface area contributed by atoms with Crippen LogP contribution in [0.5, 0.6) is 0 Å². The summed E-state index contributed by atoms with van der Waals surface area (Å²) in [5.41, 5.74) is 1.36. The molecule has 0 radical (unpaired) electrons. The smallest absolute Gasteiger partial charge is 0.344 e. The SMILES string of the molecule is Cc1nn(-c2ccccc2)c(Cl)c1C(=O)O[C@@H](C)C(=O)NC1CC1. The number of nitrogens with one attached hydrogen (secondary N) is 1. The zero-order valence-electron chi connectivity index (χ0n) is 13.5. The van der Waals surface area contributed by atoms with Gasteiger partial charge in [0.05, 0.1) is 11.4 Å². The molecule has 1 aliphatic rings. The Kier molecular flexibility index (Phi) is 4.57. The van der Waals surface area contributed by atoms with Gasteiger partial charge in [-0.15, -0.1) is 0 Å². The number of aromatic nitrogens is 2. The first-order chi connectivity index (χ1) is 11.5. The van der Waals surface area contributed by atoms with E-state index < -0.39 is 12.1 Å². The van der Waals surface area contributed by atoms with E-state index in [4.69, 9.17) is 16.3 Å². The van der Waals surface area contributed by atoms with Crippen LogP contribution in [-0.2, 0) is 9.53 Å². The third-order valence-corrected chi connectivity index (χ3v) is 4.13. The normalized spacial score (nSPS) is 15.0. The number of benzene rings is 1. The molecule has 1 amide bonds. The zero-order valence-corrected chi connectivity index (χ0v) is 14.2. The zero-order chi connectivity index (χ0) is 17.3. The van der Waals surface area contributed by atoms with E-state index in [-0.39, 0.29) is 22.7 Å². The van der Waals surface area contributed by atoms with Crippen molar-refractivity contribution >= 4 is 23.5 Å². The lowest BCUT2D eigenvalue weighted by molar-refractivity contribution is -0.129. The number of para-hydroxylation sites is 1. The quantitative estimate of drug-likeness (QED) is 0.844. The van der Waals surface area contributed by atoms with E-state index in [0.717, 1.165) is 18.5 Å². The van der Waals surface area contributed by atoms with Gasteiger partial charge in [-0.2, -0.15) is 5.10 Å². The highest BCUT2D eigenvalue weighted by atomic mass is 35.5. The fourth-order valence-electron chi connectivity index (χ4n) is 2.29. The topological polar surface area (TPSA) is 73.2 Å². The molecule has 0 saturated heterocycles. The number of hydrogen-bond acceptors (Lipinski definition) is 4. The fourth-order valence-corrected chi connectivity index (χ4v) is 2.64. The van der Waals surface area contributed by atoms with Crippen molar-refractivity contribution in [2.45, 2.75) is 38.8 Å². The van der Waals surface area contributed by atoms with Gasteiger partial charge in [0.15, 0.2) is 6.10 Å². The van der Waals surface area contributed by atoms with Crippen LogP contribution in [0, 0.1) is 6.92 Å². The maximum absolute atomic E-state index is 12.4. The van der Waals surface area contributed by atoms with Gasteiger partial charge in [-0.1, -0.05) is 29.8 Å². The maximum atomic E-state index is 12.4. The minimum Gasteiger partial charge on any atom is -0.449 e. The molecule has 0 bridgehead atoms. The second kappa shape index (κ2) is 6.65. The largest absolute Gasteiger partial charge is 0.449 e. The molecule has 24 heavy (non-hydrogen) atoms. The first kappa shape index (κ1) is 16.5. The van der Waals surface area contributed by atoms with Crippen LogP contribution in [0.25, 0.3) is 5.69 Å². The molecule has 3 rings (SSSR count). The van der Waals surface area contributed by atoms with Crippen LogP contribution in [0.3, 0.4) is 0 Å². The molecule has 126 valence electrons. The van der Waals surface area contributed by atoms with Gasteiger partial charge >= 0.3 is 5.97 Å². The van der Waals surface area contributed by atoms with Gasteiger partial charge in [0.1, 0.15) is 10.7 Å². The molecule has 2 aromatic rings. The second-order valence-corrected chi connectivity index (χ2v) is 6.19. The minimum atomic E-state index is -0.881. The molecule has 1 aromatic carbocycles. The van der Waals surface area contributed by atoms with Crippen LogP contribution in [0.4, 0.5) is 0 Å². The summed E-state index contributed by atoms with van der Waals surface area (Å²) in [5.74, 6) is -0.951. The van der Waals surface area contributed by atoms with Gasteiger partial charge in [0, 0.05) is 6.04 Å². The van der Waals surface area contributed by atoms with Crippen molar-refractivity contribution in [3.63, 3.8) is 0 Å². The molecule has 1 heterocycles. The summed E-state index contributed by atoms with van der Waals surface area (Å²) in [6.07, 6.45) is 1.07. The van der Waals surface area contributed by atoms with Crippen molar-refractivity contribution in [1.82, 2.24) is 15.1 Å².